The van der Waals surface area contributed by atoms with Crippen LogP contribution in [0.2, 0.25) is 0 Å². The number of carbonyl (C=O) groups is 6. The predicted octanol–water partition coefficient (Wildman–Crippen LogP) is 13.6. The first-order chi connectivity index (χ1) is 34.2. The van der Waals surface area contributed by atoms with Crippen molar-refractivity contribution in [2.45, 2.75) is 13.2 Å². The van der Waals surface area contributed by atoms with E-state index in [4.69, 9.17) is 9.47 Å². The lowest BCUT2D eigenvalue weighted by Crippen LogP contribution is -2.14. The number of nitrogens with zero attached hydrogens (tertiary/aromatic N) is 2. The van der Waals surface area contributed by atoms with Gasteiger partial charge in [-0.1, -0.05) is 109 Å². The number of rotatable bonds is 6. The number of hydrogen-bond acceptors (Lipinski definition) is 10. The maximum absolute atomic E-state index is 14.5. The fourth-order valence-corrected chi connectivity index (χ4v) is 12.0. The van der Waals surface area contributed by atoms with Gasteiger partial charge in [-0.2, -0.15) is 0 Å². The first kappa shape index (κ1) is 41.4. The van der Waals surface area contributed by atoms with Crippen molar-refractivity contribution in [1.29, 1.82) is 0 Å². The highest BCUT2D eigenvalue weighted by Gasteiger charge is 2.36. The van der Waals surface area contributed by atoms with Gasteiger partial charge in [0, 0.05) is 42.8 Å². The van der Waals surface area contributed by atoms with Gasteiger partial charge in [-0.05, 0) is 93.4 Å². The summed E-state index contributed by atoms with van der Waals surface area (Å²) in [6, 6.07) is 48.0. The van der Waals surface area contributed by atoms with E-state index in [1.807, 2.05) is 121 Å². The maximum atomic E-state index is 14.5. The molecule has 334 valence electrons. The Bertz CT molecular complexity index is 3860. The Hall–Kier alpha value is -8.84. The molecule has 0 aliphatic heterocycles. The molecule has 0 fully saturated rings. The first-order valence-corrected chi connectivity index (χ1v) is 24.0. The molecule has 0 bridgehead atoms. The fraction of sp³-hybridized carbons (Fsp3) is 0.0345. The number of benzene rings is 7. The Labute approximate surface area is 404 Å². The van der Waals surface area contributed by atoms with E-state index in [2.05, 4.69) is 0 Å². The Morgan fingerprint density at radius 1 is 0.414 bits per heavy atom. The molecule has 0 N–H and O–H groups in total. The third kappa shape index (κ3) is 6.52. The molecule has 70 heavy (non-hydrogen) atoms. The van der Waals surface area contributed by atoms with Crippen molar-refractivity contribution in [2.75, 3.05) is 0 Å². The molecule has 0 saturated carbocycles. The highest BCUT2D eigenvalue weighted by atomic mass is 32.1. The summed E-state index contributed by atoms with van der Waals surface area (Å²) in [6.45, 7) is -0.0121. The van der Waals surface area contributed by atoms with Crippen molar-refractivity contribution in [3.05, 3.63) is 212 Å². The monoisotopic (exact) mass is 948 g/mol. The molecule has 12 heteroatoms. The molecule has 10 nitrogen and oxygen atoms in total. The summed E-state index contributed by atoms with van der Waals surface area (Å²) in [4.78, 5) is 85.5. The standard InChI is InChI=1S/C58H32N2O8S2/c61-51-39-19-33-15-7-8-16-34(33)20-40(39)52(62)45(51)23-37-25-49-55(69-37)43-28-48-44(27-47(43)59(49)57(65)67-29-31-11-3-1-4-12-31)56-50(60(48)58(66)68-30-32-13-5-2-6-14-32)26-38(70-56)24-46-53(63)41-21-35-17-9-10-18-36(35)22-42(41)54(46)64/h1-28H,29-30H2. The summed E-state index contributed by atoms with van der Waals surface area (Å²) >= 11 is 2.61. The summed E-state index contributed by atoms with van der Waals surface area (Å²) in [5.74, 6) is -1.49. The van der Waals surface area contributed by atoms with Crippen LogP contribution in [0, 0.1) is 0 Å². The molecule has 2 aliphatic carbocycles. The number of ether oxygens (including phenoxy) is 2. The van der Waals surface area contributed by atoms with E-state index in [-0.39, 0.29) is 47.5 Å². The van der Waals surface area contributed by atoms with Crippen LogP contribution in [0.5, 0.6) is 0 Å². The molecule has 0 saturated heterocycles. The average molecular weight is 949 g/mol. The highest BCUT2D eigenvalue weighted by molar-refractivity contribution is 7.21. The molecule has 2 aliphatic rings. The van der Waals surface area contributed by atoms with Gasteiger partial charge >= 0.3 is 12.2 Å². The lowest BCUT2D eigenvalue weighted by atomic mass is 10.0. The van der Waals surface area contributed by atoms with E-state index >= 15 is 0 Å². The van der Waals surface area contributed by atoms with Crippen LogP contribution < -0.4 is 0 Å². The minimum atomic E-state index is -0.660. The van der Waals surface area contributed by atoms with Gasteiger partial charge in [-0.15, -0.1) is 22.7 Å². The van der Waals surface area contributed by atoms with E-state index in [0.29, 0.717) is 74.2 Å². The second-order valence-electron chi connectivity index (χ2n) is 17.3. The Morgan fingerprint density at radius 3 is 1.09 bits per heavy atom. The summed E-state index contributed by atoms with van der Waals surface area (Å²) in [5, 5.41) is 4.65. The molecule has 0 atom stereocenters. The zero-order valence-corrected chi connectivity index (χ0v) is 38.2. The Balaban J connectivity index is 0.972. The minimum Gasteiger partial charge on any atom is -0.444 e. The van der Waals surface area contributed by atoms with Gasteiger partial charge in [0.2, 0.25) is 0 Å². The summed E-state index contributed by atoms with van der Waals surface area (Å²) in [7, 11) is 0. The third-order valence-electron chi connectivity index (χ3n) is 13.1. The molecule has 11 aromatic rings. The molecular weight excluding hydrogens is 917 g/mol. The van der Waals surface area contributed by atoms with Crippen LogP contribution in [0.4, 0.5) is 9.59 Å². The lowest BCUT2D eigenvalue weighted by Gasteiger charge is -2.09. The van der Waals surface area contributed by atoms with Crippen LogP contribution in [-0.4, -0.2) is 44.5 Å². The lowest BCUT2D eigenvalue weighted by molar-refractivity contribution is 0.0975. The van der Waals surface area contributed by atoms with Crippen LogP contribution in [-0.2, 0) is 22.7 Å². The number of hydrogen-bond donors (Lipinski definition) is 0. The van der Waals surface area contributed by atoms with Crippen LogP contribution in [0.3, 0.4) is 0 Å². The Kier molecular flexibility index (Phi) is 9.38. The highest BCUT2D eigenvalue weighted by Crippen LogP contribution is 2.44. The number of Topliss-reactive ketones (excluding diaryl/α,β-unsaturated/α-hetero) is 4. The van der Waals surface area contributed by atoms with Gasteiger partial charge in [0.1, 0.15) is 13.2 Å². The van der Waals surface area contributed by atoms with Crippen molar-refractivity contribution in [3.8, 4) is 0 Å². The van der Waals surface area contributed by atoms with E-state index < -0.39 is 12.2 Å². The topological polar surface area (TPSA) is 131 Å². The molecular formula is C58H32N2O8S2. The van der Waals surface area contributed by atoms with Crippen molar-refractivity contribution in [2.24, 2.45) is 0 Å². The molecule has 7 aromatic carbocycles. The third-order valence-corrected chi connectivity index (χ3v) is 15.3. The van der Waals surface area contributed by atoms with Crippen molar-refractivity contribution in [3.63, 3.8) is 0 Å². The predicted molar refractivity (Wildman–Crippen MR) is 273 cm³/mol. The van der Waals surface area contributed by atoms with E-state index in [9.17, 15) is 28.8 Å². The maximum Gasteiger partial charge on any atom is 0.419 e. The first-order valence-electron chi connectivity index (χ1n) is 22.3. The van der Waals surface area contributed by atoms with Crippen LogP contribution in [0.15, 0.2) is 169 Å². The Morgan fingerprint density at radius 2 is 0.743 bits per heavy atom. The summed E-state index contributed by atoms with van der Waals surface area (Å²) < 4.78 is 16.2. The normalized spacial score (nSPS) is 13.4. The van der Waals surface area contributed by atoms with Gasteiger partial charge in [0.05, 0.1) is 42.6 Å². The van der Waals surface area contributed by atoms with Gasteiger partial charge in [-0.3, -0.25) is 19.2 Å². The quantitative estimate of drug-likeness (QED) is 0.119. The smallest absolute Gasteiger partial charge is 0.419 e. The molecule has 0 radical (unpaired) electrons. The number of allylic oxidation sites excluding steroid dienone is 2. The number of thiophene rings is 2. The fourth-order valence-electron chi connectivity index (χ4n) is 9.76. The number of aromatic nitrogens is 2. The summed E-state index contributed by atoms with van der Waals surface area (Å²) in [6.07, 6.45) is 1.85. The molecule has 13 rings (SSSR count). The zero-order valence-electron chi connectivity index (χ0n) is 36.6. The zero-order chi connectivity index (χ0) is 47.4. The molecule has 0 spiro atoms. The molecule has 4 heterocycles. The van der Waals surface area contributed by atoms with Gasteiger partial charge in [0.25, 0.3) is 0 Å². The second-order valence-corrected chi connectivity index (χ2v) is 19.5. The molecule has 0 unspecified atom stereocenters. The van der Waals surface area contributed by atoms with Gasteiger partial charge < -0.3 is 9.47 Å². The van der Waals surface area contributed by atoms with Crippen LogP contribution in [0.25, 0.3) is 75.9 Å². The number of carbonyl (C=O) groups excluding carboxylic acids is 6. The largest absolute Gasteiger partial charge is 0.444 e. The molecule has 0 amide bonds. The average Bonchev–Trinajstić information content (AvgIpc) is 4.21. The van der Waals surface area contributed by atoms with Crippen molar-refractivity contribution >= 4 is 134 Å². The molecule has 4 aromatic heterocycles. The summed E-state index contributed by atoms with van der Waals surface area (Å²) in [5.41, 5.74) is 4.96. The van der Waals surface area contributed by atoms with Crippen LogP contribution in [0.1, 0.15) is 62.3 Å². The van der Waals surface area contributed by atoms with Crippen molar-refractivity contribution < 1.29 is 38.2 Å². The van der Waals surface area contributed by atoms with Gasteiger partial charge in [0.15, 0.2) is 23.1 Å². The second kappa shape index (κ2) is 15.9. The van der Waals surface area contributed by atoms with E-state index in [1.54, 1.807) is 48.6 Å². The van der Waals surface area contributed by atoms with E-state index in [1.165, 1.54) is 31.8 Å². The van der Waals surface area contributed by atoms with Gasteiger partial charge in [-0.25, -0.2) is 18.7 Å². The van der Waals surface area contributed by atoms with Crippen LogP contribution >= 0.6 is 22.7 Å². The minimum absolute atomic E-state index is 0.00604. The number of fused-ring (bicyclic) bond motifs is 10. The van der Waals surface area contributed by atoms with Crippen molar-refractivity contribution in [1.82, 2.24) is 9.13 Å². The number of ketones is 4. The van der Waals surface area contributed by atoms with E-state index in [0.717, 1.165) is 32.7 Å². The SMILES string of the molecule is O=C1C(=Cc2cc3c(s2)c2cc4c(cc2n3C(=O)OCc2ccccc2)c2sc(C=C3C(=O)c5cc6ccccc6cc5C3=O)cc2n4C(=O)OCc2ccccc2)C(=O)c2cc3ccccc3cc21.